The lowest BCUT2D eigenvalue weighted by Crippen LogP contribution is -2.50. The van der Waals surface area contributed by atoms with Gasteiger partial charge in [-0.2, -0.15) is 0 Å². The molecule has 3 heteroatoms. The first kappa shape index (κ1) is 17.2. The van der Waals surface area contributed by atoms with Gasteiger partial charge in [0.05, 0.1) is 0 Å². The lowest BCUT2D eigenvalue weighted by Gasteiger charge is -2.43. The van der Waals surface area contributed by atoms with Crippen LogP contribution in [-0.2, 0) is 4.74 Å². The molecule has 0 aromatic heterocycles. The molecule has 2 aliphatic rings. The Balaban J connectivity index is 1.84. The lowest BCUT2D eigenvalue weighted by molar-refractivity contribution is -0.0106. The third-order valence-electron chi connectivity index (χ3n) is 5.40. The number of hydrogen-bond acceptors (Lipinski definition) is 3. The molecule has 21 heavy (non-hydrogen) atoms. The van der Waals surface area contributed by atoms with Gasteiger partial charge in [-0.15, -0.1) is 0 Å². The van der Waals surface area contributed by atoms with E-state index < -0.39 is 0 Å². The van der Waals surface area contributed by atoms with Crippen molar-refractivity contribution < 1.29 is 4.74 Å². The van der Waals surface area contributed by atoms with E-state index >= 15 is 0 Å². The topological polar surface area (TPSA) is 24.5 Å². The summed E-state index contributed by atoms with van der Waals surface area (Å²) in [6.45, 7) is 13.8. The summed E-state index contributed by atoms with van der Waals surface area (Å²) in [7, 11) is 0. The predicted octanol–water partition coefficient (Wildman–Crippen LogP) is 3.29. The molecule has 2 aliphatic heterocycles. The van der Waals surface area contributed by atoms with Gasteiger partial charge in [0.15, 0.2) is 0 Å². The number of nitrogens with zero attached hydrogens (tertiary/aromatic N) is 1. The van der Waals surface area contributed by atoms with Crippen molar-refractivity contribution in [3.63, 3.8) is 0 Å². The van der Waals surface area contributed by atoms with Gasteiger partial charge < -0.3 is 15.0 Å². The number of ether oxygens (including phenoxy) is 1. The number of likely N-dealkylation sites (tertiary alicyclic amines) is 1. The molecule has 0 unspecified atom stereocenters. The van der Waals surface area contributed by atoms with E-state index in [0.717, 1.165) is 25.7 Å². The van der Waals surface area contributed by atoms with E-state index in [2.05, 4.69) is 31.0 Å². The SMILES string of the molecule is CCCC1CCN(CC2(CNC(C)C)CCOCC2)CC1. The molecule has 2 heterocycles. The standard InChI is InChI=1S/C18H36N2O/c1-4-5-17-6-10-20(11-7-17)15-18(14-19-16(2)3)8-12-21-13-9-18/h16-17,19H,4-15H2,1-3H3. The first-order valence-electron chi connectivity index (χ1n) is 9.17. The molecule has 0 spiro atoms. The lowest BCUT2D eigenvalue weighted by atomic mass is 9.78. The van der Waals surface area contributed by atoms with Crippen molar-refractivity contribution in [2.24, 2.45) is 11.3 Å². The van der Waals surface area contributed by atoms with E-state index in [1.165, 1.54) is 58.2 Å². The van der Waals surface area contributed by atoms with E-state index in [0.29, 0.717) is 11.5 Å². The van der Waals surface area contributed by atoms with Crippen molar-refractivity contribution in [2.45, 2.75) is 65.3 Å². The summed E-state index contributed by atoms with van der Waals surface area (Å²) in [6, 6.07) is 0.583. The van der Waals surface area contributed by atoms with Gasteiger partial charge in [-0.25, -0.2) is 0 Å². The molecule has 2 saturated heterocycles. The normalized spacial score (nSPS) is 24.6. The average Bonchev–Trinajstić information content (AvgIpc) is 2.49. The first-order chi connectivity index (χ1) is 10.1. The van der Waals surface area contributed by atoms with Crippen molar-refractivity contribution >= 4 is 0 Å². The fourth-order valence-electron chi connectivity index (χ4n) is 3.93. The summed E-state index contributed by atoms with van der Waals surface area (Å²) in [6.07, 6.45) is 8.06. The van der Waals surface area contributed by atoms with Crippen LogP contribution in [0.25, 0.3) is 0 Å². The van der Waals surface area contributed by atoms with Gasteiger partial charge in [0, 0.05) is 32.3 Å². The average molecular weight is 296 g/mol. The molecular weight excluding hydrogens is 260 g/mol. The fraction of sp³-hybridized carbons (Fsp3) is 1.00. The van der Waals surface area contributed by atoms with Crippen molar-refractivity contribution in [1.82, 2.24) is 10.2 Å². The second-order valence-electron chi connectivity index (χ2n) is 7.66. The Morgan fingerprint density at radius 3 is 2.43 bits per heavy atom. The van der Waals surface area contributed by atoms with Crippen LogP contribution < -0.4 is 5.32 Å². The molecule has 0 amide bonds. The zero-order valence-electron chi connectivity index (χ0n) is 14.5. The molecule has 0 bridgehead atoms. The number of rotatable bonds is 7. The zero-order chi connectivity index (χ0) is 15.1. The molecule has 0 atom stereocenters. The summed E-state index contributed by atoms with van der Waals surface area (Å²) in [5, 5.41) is 3.69. The second kappa shape index (κ2) is 8.50. The number of nitrogens with one attached hydrogen (secondary N) is 1. The quantitative estimate of drug-likeness (QED) is 0.780. The molecule has 3 nitrogen and oxygen atoms in total. The summed E-state index contributed by atoms with van der Waals surface area (Å²) >= 11 is 0. The van der Waals surface area contributed by atoms with Crippen LogP contribution >= 0.6 is 0 Å². The zero-order valence-corrected chi connectivity index (χ0v) is 14.5. The highest BCUT2D eigenvalue weighted by Crippen LogP contribution is 2.33. The van der Waals surface area contributed by atoms with Crippen LogP contribution in [0.5, 0.6) is 0 Å². The van der Waals surface area contributed by atoms with Gasteiger partial charge in [0.25, 0.3) is 0 Å². The molecule has 0 saturated carbocycles. The number of hydrogen-bond donors (Lipinski definition) is 1. The van der Waals surface area contributed by atoms with Gasteiger partial charge in [-0.3, -0.25) is 0 Å². The smallest absolute Gasteiger partial charge is 0.0472 e. The Bertz CT molecular complexity index is 279. The fourth-order valence-corrected chi connectivity index (χ4v) is 3.93. The van der Waals surface area contributed by atoms with Crippen LogP contribution in [0.15, 0.2) is 0 Å². The molecule has 2 rings (SSSR count). The Kier molecular flexibility index (Phi) is 6.97. The van der Waals surface area contributed by atoms with Crippen LogP contribution in [-0.4, -0.2) is 50.3 Å². The van der Waals surface area contributed by atoms with E-state index in [1.807, 2.05) is 0 Å². The highest BCUT2D eigenvalue weighted by Gasteiger charge is 2.35. The Labute approximate surface area is 131 Å². The summed E-state index contributed by atoms with van der Waals surface area (Å²) < 4.78 is 5.62. The van der Waals surface area contributed by atoms with Gasteiger partial charge >= 0.3 is 0 Å². The van der Waals surface area contributed by atoms with Crippen LogP contribution in [0, 0.1) is 11.3 Å². The van der Waals surface area contributed by atoms with Gasteiger partial charge in [0.2, 0.25) is 0 Å². The molecule has 124 valence electrons. The first-order valence-corrected chi connectivity index (χ1v) is 9.17. The van der Waals surface area contributed by atoms with Crippen LogP contribution in [0.3, 0.4) is 0 Å². The maximum absolute atomic E-state index is 5.62. The van der Waals surface area contributed by atoms with E-state index in [1.54, 1.807) is 0 Å². The van der Waals surface area contributed by atoms with Crippen LogP contribution in [0.2, 0.25) is 0 Å². The summed E-state index contributed by atoms with van der Waals surface area (Å²) in [5.41, 5.74) is 0.445. The van der Waals surface area contributed by atoms with Crippen molar-refractivity contribution in [1.29, 1.82) is 0 Å². The van der Waals surface area contributed by atoms with Gasteiger partial charge in [0.1, 0.15) is 0 Å². The summed E-state index contributed by atoms with van der Waals surface area (Å²) in [4.78, 5) is 2.74. The molecule has 0 aromatic rings. The van der Waals surface area contributed by atoms with E-state index in [-0.39, 0.29) is 0 Å². The Morgan fingerprint density at radius 2 is 1.86 bits per heavy atom. The number of piperidine rings is 1. The van der Waals surface area contributed by atoms with Gasteiger partial charge in [-0.05, 0) is 50.1 Å². The van der Waals surface area contributed by atoms with Crippen molar-refractivity contribution in [2.75, 3.05) is 39.4 Å². The Morgan fingerprint density at radius 1 is 1.19 bits per heavy atom. The largest absolute Gasteiger partial charge is 0.381 e. The summed E-state index contributed by atoms with van der Waals surface area (Å²) in [5.74, 6) is 0.991. The highest BCUT2D eigenvalue weighted by molar-refractivity contribution is 4.89. The molecule has 2 fully saturated rings. The molecule has 0 aliphatic carbocycles. The molecule has 1 N–H and O–H groups in total. The predicted molar refractivity (Wildman–Crippen MR) is 89.7 cm³/mol. The monoisotopic (exact) mass is 296 g/mol. The van der Waals surface area contributed by atoms with E-state index in [9.17, 15) is 0 Å². The molecule has 0 radical (unpaired) electrons. The molecule has 0 aromatic carbocycles. The molecular formula is C18H36N2O. The second-order valence-corrected chi connectivity index (χ2v) is 7.66. The minimum atomic E-state index is 0.445. The van der Waals surface area contributed by atoms with Crippen LogP contribution in [0.4, 0.5) is 0 Å². The van der Waals surface area contributed by atoms with Gasteiger partial charge in [-0.1, -0.05) is 33.6 Å². The Hall–Kier alpha value is -0.120. The maximum Gasteiger partial charge on any atom is 0.0472 e. The highest BCUT2D eigenvalue weighted by atomic mass is 16.5. The third kappa shape index (κ3) is 5.54. The minimum absolute atomic E-state index is 0.445. The maximum atomic E-state index is 5.62. The van der Waals surface area contributed by atoms with Crippen molar-refractivity contribution in [3.8, 4) is 0 Å². The minimum Gasteiger partial charge on any atom is -0.381 e. The van der Waals surface area contributed by atoms with E-state index in [4.69, 9.17) is 4.74 Å². The van der Waals surface area contributed by atoms with Crippen LogP contribution in [0.1, 0.15) is 59.3 Å². The van der Waals surface area contributed by atoms with Crippen molar-refractivity contribution in [3.05, 3.63) is 0 Å². The third-order valence-corrected chi connectivity index (χ3v) is 5.40.